The first-order chi connectivity index (χ1) is 6.88. The van der Waals surface area contributed by atoms with Crippen molar-refractivity contribution < 1.29 is 13.2 Å². The topological polar surface area (TPSA) is 12.9 Å². The minimum absolute atomic E-state index is 0.222. The Hall–Kier alpha value is -0.810. The summed E-state index contributed by atoms with van der Waals surface area (Å²) in [5.41, 5.74) is 1.05. The molecule has 2 rings (SSSR count). The van der Waals surface area contributed by atoms with Crippen LogP contribution in [-0.4, -0.2) is 4.98 Å². The van der Waals surface area contributed by atoms with Gasteiger partial charge in [0.15, 0.2) is 5.01 Å². The number of alkyl halides is 3. The van der Waals surface area contributed by atoms with Crippen molar-refractivity contribution in [3.63, 3.8) is 0 Å². The van der Waals surface area contributed by atoms with Gasteiger partial charge in [-0.05, 0) is 24.6 Å². The maximum Gasteiger partial charge on any atom is 0.443 e. The van der Waals surface area contributed by atoms with E-state index in [1.165, 1.54) is 0 Å². The van der Waals surface area contributed by atoms with Gasteiger partial charge in [0.05, 0.1) is 9.72 Å². The molecule has 0 aliphatic rings. The third-order valence-electron chi connectivity index (χ3n) is 1.84. The number of hydrogen-bond acceptors (Lipinski definition) is 2. The molecule has 0 saturated heterocycles. The Morgan fingerprint density at radius 3 is 2.60 bits per heavy atom. The molecule has 1 aromatic carbocycles. The summed E-state index contributed by atoms with van der Waals surface area (Å²) in [6.45, 7) is 1.78. The summed E-state index contributed by atoms with van der Waals surface area (Å²) in [7, 11) is 0. The van der Waals surface area contributed by atoms with Crippen molar-refractivity contribution in [3.8, 4) is 0 Å². The first kappa shape index (κ1) is 10.7. The van der Waals surface area contributed by atoms with Gasteiger partial charge in [0, 0.05) is 0 Å². The Kier molecular flexibility index (Phi) is 2.39. The minimum atomic E-state index is -4.40. The van der Waals surface area contributed by atoms with Crippen molar-refractivity contribution in [2.75, 3.05) is 0 Å². The Labute approximate surface area is 92.5 Å². The van der Waals surface area contributed by atoms with Crippen LogP contribution in [0.4, 0.5) is 13.2 Å². The minimum Gasteiger partial charge on any atom is -0.230 e. The lowest BCUT2D eigenvalue weighted by Gasteiger charge is -1.98. The molecule has 0 bridgehead atoms. The average Bonchev–Trinajstić information content (AvgIpc) is 2.46. The quantitative estimate of drug-likeness (QED) is 0.681. The lowest BCUT2D eigenvalue weighted by molar-refractivity contribution is -0.137. The number of hydrogen-bond donors (Lipinski definition) is 0. The molecular weight excluding hydrogens is 247 g/mol. The van der Waals surface area contributed by atoms with Crippen molar-refractivity contribution in [2.24, 2.45) is 0 Å². The molecule has 6 heteroatoms. The fourth-order valence-electron chi connectivity index (χ4n) is 1.24. The number of aryl methyl sites for hydroxylation is 1. The predicted molar refractivity (Wildman–Crippen MR) is 54.4 cm³/mol. The number of fused-ring (bicyclic) bond motifs is 1. The van der Waals surface area contributed by atoms with Gasteiger partial charge in [-0.1, -0.05) is 11.6 Å². The van der Waals surface area contributed by atoms with Crippen LogP contribution in [0.3, 0.4) is 0 Å². The molecule has 0 unspecified atom stereocenters. The highest BCUT2D eigenvalue weighted by Crippen LogP contribution is 2.37. The Bertz CT molecular complexity index is 518. The van der Waals surface area contributed by atoms with Crippen molar-refractivity contribution in [1.29, 1.82) is 0 Å². The number of aromatic nitrogens is 1. The van der Waals surface area contributed by atoms with Gasteiger partial charge in [-0.2, -0.15) is 13.2 Å². The number of rotatable bonds is 0. The molecule has 1 heterocycles. The standard InChI is InChI=1S/C9H5ClF3NS/c1-4-2-5(10)7-6(3-4)15-8(14-7)9(11,12)13/h2-3H,1H3. The van der Waals surface area contributed by atoms with Crippen LogP contribution in [0.25, 0.3) is 10.2 Å². The van der Waals surface area contributed by atoms with E-state index >= 15 is 0 Å². The summed E-state index contributed by atoms with van der Waals surface area (Å²) in [5, 5.41) is -0.596. The van der Waals surface area contributed by atoms with Crippen LogP contribution in [0, 0.1) is 6.92 Å². The monoisotopic (exact) mass is 251 g/mol. The van der Waals surface area contributed by atoms with Crippen LogP contribution in [0.5, 0.6) is 0 Å². The van der Waals surface area contributed by atoms with Gasteiger partial charge in [-0.25, -0.2) is 4.98 Å². The van der Waals surface area contributed by atoms with Gasteiger partial charge < -0.3 is 0 Å². The molecule has 0 atom stereocenters. The molecule has 0 saturated carbocycles. The van der Waals surface area contributed by atoms with E-state index in [-0.39, 0.29) is 10.5 Å². The van der Waals surface area contributed by atoms with Crippen molar-refractivity contribution in [1.82, 2.24) is 4.98 Å². The van der Waals surface area contributed by atoms with E-state index in [0.29, 0.717) is 16.0 Å². The number of thiazole rings is 1. The fraction of sp³-hybridized carbons (Fsp3) is 0.222. The van der Waals surface area contributed by atoms with Crippen LogP contribution in [0.2, 0.25) is 5.02 Å². The number of halogens is 4. The lowest BCUT2D eigenvalue weighted by atomic mass is 10.2. The maximum atomic E-state index is 12.4. The van der Waals surface area contributed by atoms with Crippen molar-refractivity contribution >= 4 is 33.2 Å². The molecule has 0 aliphatic carbocycles. The molecule has 1 nitrogen and oxygen atoms in total. The zero-order chi connectivity index (χ0) is 11.2. The van der Waals surface area contributed by atoms with Crippen LogP contribution in [0.1, 0.15) is 10.6 Å². The fourth-order valence-corrected chi connectivity index (χ4v) is 2.57. The van der Waals surface area contributed by atoms with Crippen molar-refractivity contribution in [2.45, 2.75) is 13.1 Å². The Morgan fingerprint density at radius 2 is 2.00 bits per heavy atom. The third kappa shape index (κ3) is 1.94. The second-order valence-corrected chi connectivity index (χ2v) is 4.55. The van der Waals surface area contributed by atoms with E-state index in [9.17, 15) is 13.2 Å². The van der Waals surface area contributed by atoms with E-state index in [2.05, 4.69) is 4.98 Å². The van der Waals surface area contributed by atoms with Crippen LogP contribution in [-0.2, 0) is 6.18 Å². The molecule has 0 amide bonds. The Balaban J connectivity index is 2.71. The zero-order valence-corrected chi connectivity index (χ0v) is 9.09. The van der Waals surface area contributed by atoms with E-state index in [4.69, 9.17) is 11.6 Å². The van der Waals surface area contributed by atoms with Crippen LogP contribution >= 0.6 is 22.9 Å². The van der Waals surface area contributed by atoms with Gasteiger partial charge in [0.2, 0.25) is 0 Å². The zero-order valence-electron chi connectivity index (χ0n) is 7.52. The van der Waals surface area contributed by atoms with E-state index in [1.54, 1.807) is 19.1 Å². The van der Waals surface area contributed by atoms with E-state index < -0.39 is 11.2 Å². The van der Waals surface area contributed by atoms with Crippen LogP contribution < -0.4 is 0 Å². The molecule has 0 spiro atoms. The summed E-state index contributed by atoms with van der Waals surface area (Å²) < 4.78 is 37.6. The summed E-state index contributed by atoms with van der Waals surface area (Å²) in [6, 6.07) is 3.25. The summed E-state index contributed by atoms with van der Waals surface area (Å²) in [4.78, 5) is 3.49. The Morgan fingerprint density at radius 1 is 1.33 bits per heavy atom. The molecule has 0 radical (unpaired) electrons. The van der Waals surface area contributed by atoms with E-state index in [0.717, 1.165) is 5.56 Å². The van der Waals surface area contributed by atoms with Crippen LogP contribution in [0.15, 0.2) is 12.1 Å². The highest BCUT2D eigenvalue weighted by atomic mass is 35.5. The molecule has 2 aromatic rings. The smallest absolute Gasteiger partial charge is 0.230 e. The number of benzene rings is 1. The summed E-state index contributed by atoms with van der Waals surface area (Å²) in [6.07, 6.45) is -4.40. The summed E-state index contributed by atoms with van der Waals surface area (Å²) in [5.74, 6) is 0. The largest absolute Gasteiger partial charge is 0.443 e. The van der Waals surface area contributed by atoms with Gasteiger partial charge in [-0.3, -0.25) is 0 Å². The molecule has 80 valence electrons. The molecule has 0 aliphatic heterocycles. The highest BCUT2D eigenvalue weighted by molar-refractivity contribution is 7.18. The average molecular weight is 252 g/mol. The first-order valence-corrected chi connectivity index (χ1v) is 5.21. The molecule has 0 N–H and O–H groups in total. The van der Waals surface area contributed by atoms with Gasteiger partial charge in [0.25, 0.3) is 0 Å². The summed E-state index contributed by atoms with van der Waals surface area (Å²) >= 11 is 6.41. The van der Waals surface area contributed by atoms with Gasteiger partial charge >= 0.3 is 6.18 Å². The molecule has 1 aromatic heterocycles. The SMILES string of the molecule is Cc1cc(Cl)c2nc(C(F)(F)F)sc2c1. The van der Waals surface area contributed by atoms with Crippen molar-refractivity contribution in [3.05, 3.63) is 27.7 Å². The van der Waals surface area contributed by atoms with E-state index in [1.807, 2.05) is 0 Å². The lowest BCUT2D eigenvalue weighted by Crippen LogP contribution is -2.03. The van der Waals surface area contributed by atoms with Gasteiger partial charge in [-0.15, -0.1) is 11.3 Å². The maximum absolute atomic E-state index is 12.4. The highest BCUT2D eigenvalue weighted by Gasteiger charge is 2.35. The molecule has 0 fully saturated rings. The second-order valence-electron chi connectivity index (χ2n) is 3.11. The first-order valence-electron chi connectivity index (χ1n) is 4.02. The molecule has 15 heavy (non-hydrogen) atoms. The normalized spacial score (nSPS) is 12.3. The van der Waals surface area contributed by atoms with Gasteiger partial charge in [0.1, 0.15) is 5.52 Å². The predicted octanol–water partition coefficient (Wildman–Crippen LogP) is 4.28. The third-order valence-corrected chi connectivity index (χ3v) is 3.17. The number of nitrogens with zero attached hydrogens (tertiary/aromatic N) is 1. The second kappa shape index (κ2) is 3.35. The molecular formula is C9H5ClF3NS.